The summed E-state index contributed by atoms with van der Waals surface area (Å²) >= 11 is 1.57. The van der Waals surface area contributed by atoms with Gasteiger partial charge in [0, 0.05) is 40.6 Å². The lowest BCUT2D eigenvalue weighted by Gasteiger charge is -2.19. The van der Waals surface area contributed by atoms with Crippen LogP contribution in [0.3, 0.4) is 0 Å². The number of benzene rings is 2. The Kier molecular flexibility index (Phi) is 4.68. The molecule has 2 aromatic carbocycles. The molecular formula is C20H18F2N2OS. The molecule has 1 fully saturated rings. The van der Waals surface area contributed by atoms with Crippen molar-refractivity contribution in [3.05, 3.63) is 71.4 Å². The molecule has 1 aliphatic rings. The summed E-state index contributed by atoms with van der Waals surface area (Å²) in [6, 6.07) is 13.2. The number of halogens is 2. The molecule has 1 saturated heterocycles. The van der Waals surface area contributed by atoms with Gasteiger partial charge in [0.2, 0.25) is 0 Å². The highest BCUT2D eigenvalue weighted by Gasteiger charge is 2.25. The van der Waals surface area contributed by atoms with Gasteiger partial charge in [0.1, 0.15) is 17.3 Å². The van der Waals surface area contributed by atoms with Crippen LogP contribution in [0, 0.1) is 11.6 Å². The second-order valence-corrected chi connectivity index (χ2v) is 7.69. The number of carbonyl (C=O) groups is 1. The van der Waals surface area contributed by atoms with Crippen molar-refractivity contribution in [2.24, 2.45) is 0 Å². The zero-order chi connectivity index (χ0) is 18.1. The first-order valence-electron chi connectivity index (χ1n) is 8.55. The summed E-state index contributed by atoms with van der Waals surface area (Å²) in [7, 11) is 0. The Morgan fingerprint density at radius 3 is 2.81 bits per heavy atom. The number of hydrogen-bond donors (Lipinski definition) is 1. The fraction of sp³-hybridized carbons (Fsp3) is 0.250. The van der Waals surface area contributed by atoms with Gasteiger partial charge < -0.3 is 9.88 Å². The average Bonchev–Trinajstić information content (AvgIpc) is 2.93. The third-order valence-electron chi connectivity index (χ3n) is 4.69. The smallest absolute Gasteiger partial charge is 0.270 e. The van der Waals surface area contributed by atoms with E-state index in [0.717, 1.165) is 17.0 Å². The summed E-state index contributed by atoms with van der Waals surface area (Å²) in [5, 5.41) is 0.853. The van der Waals surface area contributed by atoms with E-state index in [1.54, 1.807) is 16.7 Å². The van der Waals surface area contributed by atoms with E-state index >= 15 is 0 Å². The Balaban J connectivity index is 1.51. The van der Waals surface area contributed by atoms with Gasteiger partial charge in [-0.25, -0.2) is 8.78 Å². The van der Waals surface area contributed by atoms with Crippen LogP contribution in [0.5, 0.6) is 0 Å². The number of hydrogen-bond acceptors (Lipinski definition) is 2. The molecule has 0 unspecified atom stereocenters. The van der Waals surface area contributed by atoms with E-state index in [4.69, 9.17) is 0 Å². The van der Waals surface area contributed by atoms with Gasteiger partial charge in [-0.3, -0.25) is 4.79 Å². The number of nitrogens with zero attached hydrogens (tertiary/aromatic N) is 1. The Morgan fingerprint density at radius 2 is 1.96 bits per heavy atom. The Bertz CT molecular complexity index is 923. The average molecular weight is 372 g/mol. The standard InChI is InChI=1S/C20H18F2N2OS/c21-14-5-6-16(22)15(12-14)19-7-8-24(9-10-26-19)20(25)18-11-13-3-1-2-4-17(13)23-18/h1-6,11-12,19,23H,7-10H2/t19-/m1/s1. The van der Waals surface area contributed by atoms with Gasteiger partial charge in [0.15, 0.2) is 0 Å². The Hall–Kier alpha value is -2.34. The predicted molar refractivity (Wildman–Crippen MR) is 100 cm³/mol. The number of aromatic nitrogens is 1. The van der Waals surface area contributed by atoms with Crippen molar-refractivity contribution >= 4 is 28.6 Å². The van der Waals surface area contributed by atoms with Crippen LogP contribution in [0.1, 0.15) is 27.7 Å². The predicted octanol–water partition coefficient (Wildman–Crippen LogP) is 4.77. The molecule has 1 aliphatic heterocycles. The maximum atomic E-state index is 14.1. The van der Waals surface area contributed by atoms with Crippen LogP contribution in [0.2, 0.25) is 0 Å². The molecule has 1 aromatic heterocycles. The van der Waals surface area contributed by atoms with Crippen LogP contribution in [0.25, 0.3) is 10.9 Å². The third-order valence-corrected chi connectivity index (χ3v) is 6.00. The summed E-state index contributed by atoms with van der Waals surface area (Å²) in [6.45, 7) is 1.11. The Morgan fingerprint density at radius 1 is 1.12 bits per heavy atom. The highest BCUT2D eigenvalue weighted by atomic mass is 32.2. The number of H-pyrrole nitrogens is 1. The molecule has 2 heterocycles. The van der Waals surface area contributed by atoms with Crippen molar-refractivity contribution in [1.29, 1.82) is 0 Å². The van der Waals surface area contributed by atoms with Gasteiger partial charge in [-0.15, -0.1) is 0 Å². The molecule has 0 spiro atoms. The molecule has 26 heavy (non-hydrogen) atoms. The lowest BCUT2D eigenvalue weighted by Crippen LogP contribution is -2.33. The fourth-order valence-electron chi connectivity index (χ4n) is 3.34. The molecule has 0 bridgehead atoms. The molecule has 0 aliphatic carbocycles. The van der Waals surface area contributed by atoms with E-state index in [9.17, 15) is 13.6 Å². The first-order valence-corrected chi connectivity index (χ1v) is 9.60. The van der Waals surface area contributed by atoms with Gasteiger partial charge >= 0.3 is 0 Å². The summed E-state index contributed by atoms with van der Waals surface area (Å²) in [4.78, 5) is 17.8. The third kappa shape index (κ3) is 3.33. The molecule has 1 N–H and O–H groups in total. The zero-order valence-corrected chi connectivity index (χ0v) is 14.9. The topological polar surface area (TPSA) is 36.1 Å². The minimum absolute atomic E-state index is 0.0536. The normalized spacial score (nSPS) is 18.1. The second kappa shape index (κ2) is 7.11. The number of carbonyl (C=O) groups excluding carboxylic acids is 1. The van der Waals surface area contributed by atoms with E-state index in [2.05, 4.69) is 4.98 Å². The monoisotopic (exact) mass is 372 g/mol. The summed E-state index contributed by atoms with van der Waals surface area (Å²) < 4.78 is 27.5. The number of amides is 1. The van der Waals surface area contributed by atoms with Crippen molar-refractivity contribution in [2.75, 3.05) is 18.8 Å². The van der Waals surface area contributed by atoms with Gasteiger partial charge in [-0.1, -0.05) is 18.2 Å². The maximum Gasteiger partial charge on any atom is 0.270 e. The zero-order valence-electron chi connectivity index (χ0n) is 14.0. The molecule has 3 aromatic rings. The molecule has 6 heteroatoms. The van der Waals surface area contributed by atoms with Gasteiger partial charge in [0.25, 0.3) is 5.91 Å². The molecule has 1 atom stereocenters. The van der Waals surface area contributed by atoms with E-state index in [-0.39, 0.29) is 17.0 Å². The maximum absolute atomic E-state index is 14.1. The first kappa shape index (κ1) is 17.1. The van der Waals surface area contributed by atoms with E-state index in [1.165, 1.54) is 12.1 Å². The van der Waals surface area contributed by atoms with Gasteiger partial charge in [-0.05, 0) is 36.8 Å². The number of thioether (sulfide) groups is 1. The van der Waals surface area contributed by atoms with Crippen LogP contribution >= 0.6 is 11.8 Å². The van der Waals surface area contributed by atoms with Crippen molar-refractivity contribution in [3.63, 3.8) is 0 Å². The number of fused-ring (bicyclic) bond motifs is 1. The first-order chi connectivity index (χ1) is 12.6. The minimum Gasteiger partial charge on any atom is -0.351 e. The van der Waals surface area contributed by atoms with Crippen LogP contribution in [-0.2, 0) is 0 Å². The van der Waals surface area contributed by atoms with Crippen LogP contribution in [-0.4, -0.2) is 34.6 Å². The molecule has 134 valence electrons. The van der Waals surface area contributed by atoms with Crippen molar-refractivity contribution in [2.45, 2.75) is 11.7 Å². The molecule has 1 amide bonds. The molecule has 0 saturated carbocycles. The molecule has 0 radical (unpaired) electrons. The van der Waals surface area contributed by atoms with Crippen LogP contribution in [0.15, 0.2) is 48.5 Å². The number of rotatable bonds is 2. The van der Waals surface area contributed by atoms with Crippen molar-refractivity contribution < 1.29 is 13.6 Å². The highest BCUT2D eigenvalue weighted by Crippen LogP contribution is 2.36. The highest BCUT2D eigenvalue weighted by molar-refractivity contribution is 7.99. The Labute approximate surface area is 154 Å². The minimum atomic E-state index is -0.433. The summed E-state index contributed by atoms with van der Waals surface area (Å²) in [5.74, 6) is -0.189. The van der Waals surface area contributed by atoms with Crippen LogP contribution < -0.4 is 0 Å². The second-order valence-electron chi connectivity index (χ2n) is 6.38. The largest absolute Gasteiger partial charge is 0.351 e. The SMILES string of the molecule is O=C(c1cc2ccccc2[nH]1)N1CCS[C@@H](c2cc(F)ccc2F)CC1. The van der Waals surface area contributed by atoms with E-state index in [0.29, 0.717) is 36.5 Å². The van der Waals surface area contributed by atoms with Crippen LogP contribution in [0.4, 0.5) is 8.78 Å². The summed E-state index contributed by atoms with van der Waals surface area (Å²) in [6.07, 6.45) is 0.594. The lowest BCUT2D eigenvalue weighted by molar-refractivity contribution is 0.0761. The van der Waals surface area contributed by atoms with E-state index in [1.807, 2.05) is 30.3 Å². The number of aromatic amines is 1. The molecular weight excluding hydrogens is 354 g/mol. The van der Waals surface area contributed by atoms with Gasteiger partial charge in [-0.2, -0.15) is 11.8 Å². The molecule has 3 nitrogen and oxygen atoms in total. The number of nitrogens with one attached hydrogen (secondary N) is 1. The van der Waals surface area contributed by atoms with Crippen molar-refractivity contribution in [1.82, 2.24) is 9.88 Å². The fourth-order valence-corrected chi connectivity index (χ4v) is 4.58. The van der Waals surface area contributed by atoms with E-state index < -0.39 is 5.82 Å². The van der Waals surface area contributed by atoms with Crippen molar-refractivity contribution in [3.8, 4) is 0 Å². The van der Waals surface area contributed by atoms with Gasteiger partial charge in [0.05, 0.1) is 0 Å². The lowest BCUT2D eigenvalue weighted by atomic mass is 10.1. The quantitative estimate of drug-likeness (QED) is 0.704. The molecule has 4 rings (SSSR count). The summed E-state index contributed by atoms with van der Waals surface area (Å²) in [5.41, 5.74) is 1.88. The number of para-hydroxylation sites is 1.